The Morgan fingerprint density at radius 3 is 2.20 bits per heavy atom. The Hall–Kier alpha value is -2.12. The van der Waals surface area contributed by atoms with E-state index >= 15 is 0 Å². The summed E-state index contributed by atoms with van der Waals surface area (Å²) in [6.07, 6.45) is 5.28. The lowest BCUT2D eigenvalue weighted by molar-refractivity contribution is 0.349. The molecule has 2 aromatic rings. The first-order valence-corrected chi connectivity index (χ1v) is 10.1. The Morgan fingerprint density at radius 2 is 1.64 bits per heavy atom. The van der Waals surface area contributed by atoms with Gasteiger partial charge < -0.3 is 4.42 Å². The van der Waals surface area contributed by atoms with Crippen LogP contribution in [-0.2, 0) is 26.6 Å². The second-order valence-corrected chi connectivity index (χ2v) is 9.32. The molecule has 0 saturated heterocycles. The van der Waals surface area contributed by atoms with Gasteiger partial charge in [0.25, 0.3) is 10.0 Å². The predicted molar refractivity (Wildman–Crippen MR) is 92.5 cm³/mol. The van der Waals surface area contributed by atoms with Crippen LogP contribution in [0.15, 0.2) is 56.9 Å². The van der Waals surface area contributed by atoms with Crippen LogP contribution in [0.2, 0.25) is 0 Å². The van der Waals surface area contributed by atoms with E-state index in [2.05, 4.69) is 5.92 Å². The zero-order valence-corrected chi connectivity index (χ0v) is 15.4. The third-order valence-corrected chi connectivity index (χ3v) is 6.85. The Labute approximate surface area is 148 Å². The van der Waals surface area contributed by atoms with Crippen LogP contribution in [0.1, 0.15) is 5.76 Å². The van der Waals surface area contributed by atoms with Crippen molar-refractivity contribution in [3.63, 3.8) is 0 Å². The summed E-state index contributed by atoms with van der Waals surface area (Å²) in [6, 6.07) is 10.5. The highest BCUT2D eigenvalue weighted by atomic mass is 32.2. The van der Waals surface area contributed by atoms with E-state index in [1.807, 2.05) is 0 Å². The molecular formula is C16H18N2O5S2. The fraction of sp³-hybridized carbons (Fsp3) is 0.250. The maximum atomic E-state index is 12.7. The standard InChI is InChI=1S/C16H18N2O5S2/c1-4-12-18(24(19,20)15-8-6-5-7-9-15)13-14-10-11-16(23-14)25(21,22)17(2)3/h1,5-11H,12-13H2,2-3H3. The van der Waals surface area contributed by atoms with Crippen LogP contribution in [0.4, 0.5) is 0 Å². The zero-order valence-electron chi connectivity index (χ0n) is 13.8. The molecule has 0 saturated carbocycles. The quantitative estimate of drug-likeness (QED) is 0.675. The van der Waals surface area contributed by atoms with Crippen molar-refractivity contribution in [3.05, 3.63) is 48.2 Å². The molecule has 134 valence electrons. The molecule has 1 heterocycles. The molecule has 9 heteroatoms. The van der Waals surface area contributed by atoms with E-state index in [-0.39, 0.29) is 28.8 Å². The molecule has 0 spiro atoms. The summed E-state index contributed by atoms with van der Waals surface area (Å²) in [6.45, 7) is -0.349. The molecule has 0 unspecified atom stereocenters. The van der Waals surface area contributed by atoms with Gasteiger partial charge >= 0.3 is 0 Å². The van der Waals surface area contributed by atoms with E-state index in [0.717, 1.165) is 8.61 Å². The summed E-state index contributed by atoms with van der Waals surface area (Å²) < 4.78 is 56.9. The van der Waals surface area contributed by atoms with Crippen molar-refractivity contribution in [2.75, 3.05) is 20.6 Å². The molecule has 0 fully saturated rings. The molecular weight excluding hydrogens is 364 g/mol. The Balaban J connectivity index is 2.33. The molecule has 2 rings (SSSR count). The molecule has 0 aliphatic heterocycles. The van der Waals surface area contributed by atoms with Crippen molar-refractivity contribution in [2.24, 2.45) is 0 Å². The summed E-state index contributed by atoms with van der Waals surface area (Å²) in [7, 11) is -4.81. The lowest BCUT2D eigenvalue weighted by Gasteiger charge is -2.18. The molecule has 0 atom stereocenters. The van der Waals surface area contributed by atoms with Crippen LogP contribution in [0, 0.1) is 12.3 Å². The van der Waals surface area contributed by atoms with Crippen LogP contribution < -0.4 is 0 Å². The molecule has 0 N–H and O–H groups in total. The van der Waals surface area contributed by atoms with Gasteiger partial charge in [0.1, 0.15) is 5.76 Å². The van der Waals surface area contributed by atoms with E-state index < -0.39 is 20.0 Å². The minimum atomic E-state index is -3.83. The summed E-state index contributed by atoms with van der Waals surface area (Å²) in [5, 5.41) is -0.259. The van der Waals surface area contributed by atoms with Gasteiger partial charge in [-0.05, 0) is 24.3 Å². The van der Waals surface area contributed by atoms with E-state index in [1.165, 1.54) is 38.4 Å². The second-order valence-electron chi connectivity index (χ2n) is 5.30. The van der Waals surface area contributed by atoms with Crippen LogP contribution in [0.3, 0.4) is 0 Å². The van der Waals surface area contributed by atoms with Crippen LogP contribution in [-0.4, -0.2) is 46.1 Å². The van der Waals surface area contributed by atoms with Gasteiger partial charge in [-0.1, -0.05) is 24.1 Å². The number of furan rings is 1. The van der Waals surface area contributed by atoms with E-state index in [9.17, 15) is 16.8 Å². The topological polar surface area (TPSA) is 87.9 Å². The number of rotatable bonds is 7. The Morgan fingerprint density at radius 1 is 1.00 bits per heavy atom. The van der Waals surface area contributed by atoms with Crippen molar-refractivity contribution >= 4 is 20.0 Å². The smallest absolute Gasteiger partial charge is 0.275 e. The van der Waals surface area contributed by atoms with Crippen molar-refractivity contribution in [1.29, 1.82) is 0 Å². The van der Waals surface area contributed by atoms with Gasteiger partial charge in [0.2, 0.25) is 15.1 Å². The van der Waals surface area contributed by atoms with Gasteiger partial charge in [-0.2, -0.15) is 4.31 Å². The molecule has 25 heavy (non-hydrogen) atoms. The third-order valence-electron chi connectivity index (χ3n) is 3.35. The zero-order chi connectivity index (χ0) is 18.7. The maximum Gasteiger partial charge on any atom is 0.275 e. The van der Waals surface area contributed by atoms with Gasteiger partial charge in [0.15, 0.2) is 0 Å². The van der Waals surface area contributed by atoms with Gasteiger partial charge in [-0.25, -0.2) is 21.1 Å². The predicted octanol–water partition coefficient (Wildman–Crippen LogP) is 1.35. The van der Waals surface area contributed by atoms with Crippen molar-refractivity contribution in [1.82, 2.24) is 8.61 Å². The largest absolute Gasteiger partial charge is 0.447 e. The second kappa shape index (κ2) is 7.41. The number of sulfonamides is 2. The summed E-state index contributed by atoms with van der Waals surface area (Å²) in [5.74, 6) is 2.47. The van der Waals surface area contributed by atoms with Gasteiger partial charge in [0, 0.05) is 14.1 Å². The highest BCUT2D eigenvalue weighted by Crippen LogP contribution is 2.21. The summed E-state index contributed by atoms with van der Waals surface area (Å²) in [4.78, 5) is 0.0953. The minimum Gasteiger partial charge on any atom is -0.447 e. The maximum absolute atomic E-state index is 12.7. The number of nitrogens with zero attached hydrogens (tertiary/aromatic N) is 2. The average molecular weight is 382 g/mol. The normalized spacial score (nSPS) is 12.4. The monoisotopic (exact) mass is 382 g/mol. The molecule has 0 amide bonds. The molecule has 0 aliphatic carbocycles. The number of hydrogen-bond acceptors (Lipinski definition) is 5. The lowest BCUT2D eigenvalue weighted by Crippen LogP contribution is -2.31. The Kier molecular flexibility index (Phi) is 5.69. The first-order chi connectivity index (χ1) is 11.7. The molecule has 0 radical (unpaired) electrons. The van der Waals surface area contributed by atoms with Crippen molar-refractivity contribution in [3.8, 4) is 12.3 Å². The third kappa shape index (κ3) is 4.11. The van der Waals surface area contributed by atoms with E-state index in [0.29, 0.717) is 0 Å². The number of benzene rings is 1. The molecule has 7 nitrogen and oxygen atoms in total. The van der Waals surface area contributed by atoms with Gasteiger partial charge in [-0.3, -0.25) is 0 Å². The highest BCUT2D eigenvalue weighted by molar-refractivity contribution is 7.89. The van der Waals surface area contributed by atoms with E-state index in [1.54, 1.807) is 18.2 Å². The van der Waals surface area contributed by atoms with Crippen molar-refractivity contribution < 1.29 is 21.3 Å². The average Bonchev–Trinajstić information content (AvgIpc) is 3.04. The fourth-order valence-corrected chi connectivity index (χ4v) is 4.16. The van der Waals surface area contributed by atoms with Crippen LogP contribution in [0.5, 0.6) is 0 Å². The number of hydrogen-bond donors (Lipinski definition) is 0. The fourth-order valence-electron chi connectivity index (χ4n) is 2.00. The Bertz CT molecular complexity index is 971. The summed E-state index contributed by atoms with van der Waals surface area (Å²) in [5.41, 5.74) is 0. The number of terminal acetylenes is 1. The first kappa shape index (κ1) is 19.2. The van der Waals surface area contributed by atoms with Gasteiger partial charge in [0.05, 0.1) is 18.0 Å². The van der Waals surface area contributed by atoms with Crippen LogP contribution >= 0.6 is 0 Å². The van der Waals surface area contributed by atoms with E-state index in [4.69, 9.17) is 10.8 Å². The highest BCUT2D eigenvalue weighted by Gasteiger charge is 2.27. The lowest BCUT2D eigenvalue weighted by atomic mass is 10.4. The SMILES string of the molecule is C#CCN(Cc1ccc(S(=O)(=O)N(C)C)o1)S(=O)(=O)c1ccccc1. The minimum absolute atomic E-state index is 0.0953. The molecule has 1 aromatic carbocycles. The molecule has 0 bridgehead atoms. The van der Waals surface area contributed by atoms with Crippen LogP contribution in [0.25, 0.3) is 0 Å². The molecule has 1 aromatic heterocycles. The van der Waals surface area contributed by atoms with Crippen molar-refractivity contribution in [2.45, 2.75) is 16.5 Å². The first-order valence-electron chi connectivity index (χ1n) is 7.19. The summed E-state index contributed by atoms with van der Waals surface area (Å²) >= 11 is 0. The molecule has 0 aliphatic rings. The van der Waals surface area contributed by atoms with Gasteiger partial charge in [-0.15, -0.1) is 6.42 Å².